The molecule has 1 unspecified atom stereocenters. The third kappa shape index (κ3) is 8.24. The molecular weight excluding hydrogens is 875 g/mol. The molecule has 5 aliphatic heterocycles. The van der Waals surface area contributed by atoms with Gasteiger partial charge in [0.25, 0.3) is 11.8 Å². The van der Waals surface area contributed by atoms with Crippen LogP contribution in [-0.2, 0) is 25.7 Å². The van der Waals surface area contributed by atoms with Gasteiger partial charge in [0.15, 0.2) is 5.82 Å². The number of fused-ring (bicyclic) bond motifs is 6. The van der Waals surface area contributed by atoms with Crippen molar-refractivity contribution in [3.8, 4) is 16.9 Å². The van der Waals surface area contributed by atoms with Crippen LogP contribution in [0.2, 0.25) is 5.02 Å². The van der Waals surface area contributed by atoms with Crippen LogP contribution in [0, 0.1) is 17.5 Å². The monoisotopic (exact) mass is 927 g/mol. The Balaban J connectivity index is 0.828. The zero-order valence-corrected chi connectivity index (χ0v) is 37.8. The molecule has 9 rings (SSSR count). The number of hydrogen-bond donors (Lipinski definition) is 2. The Morgan fingerprint density at radius 1 is 0.909 bits per heavy atom. The minimum atomic E-state index is -0.898. The van der Waals surface area contributed by atoms with Gasteiger partial charge in [-0.25, -0.2) is 13.2 Å². The quantitative estimate of drug-likeness (QED) is 0.109. The summed E-state index contributed by atoms with van der Waals surface area (Å²) in [6.45, 7) is 7.36. The van der Waals surface area contributed by atoms with Gasteiger partial charge in [-0.15, -0.1) is 0 Å². The summed E-state index contributed by atoms with van der Waals surface area (Å²) in [5.74, 6) is -4.05. The molecule has 5 aliphatic rings. The van der Waals surface area contributed by atoms with Crippen molar-refractivity contribution in [2.24, 2.45) is 0 Å². The molecule has 0 saturated carbocycles. The largest absolute Gasteiger partial charge is 0.507 e. The van der Waals surface area contributed by atoms with Crippen LogP contribution in [0.4, 0.5) is 24.5 Å². The van der Waals surface area contributed by atoms with E-state index in [1.165, 1.54) is 41.4 Å². The van der Waals surface area contributed by atoms with Crippen LogP contribution in [0.25, 0.3) is 22.0 Å². The zero-order valence-electron chi connectivity index (χ0n) is 37.1. The number of carbonyl (C=O) groups is 5. The van der Waals surface area contributed by atoms with Gasteiger partial charge in [-0.3, -0.25) is 34.3 Å². The predicted octanol–water partition coefficient (Wildman–Crippen LogP) is 7.43. The number of nitrogens with zero attached hydrogens (tertiary/aromatic N) is 6. The Kier molecular flexibility index (Phi) is 12.7. The molecule has 2 N–H and O–H groups in total. The SMILES string of the molecule is CCC(=O)N1C[C@@H]2C(=O)N(CCCCCCCN3CCC(c4cc(F)cc5c4CN(C4CCC(=O)NC4=O)C5=O)CC3)c3cnc4c(F)c(-c5c(O)cccc5F)c(Cl)cc4c3N2C[C@H]1C. The highest BCUT2D eigenvalue weighted by molar-refractivity contribution is 6.35. The maximum absolute atomic E-state index is 16.5. The van der Waals surface area contributed by atoms with Crippen LogP contribution in [0.15, 0.2) is 42.6 Å². The number of rotatable bonds is 12. The summed E-state index contributed by atoms with van der Waals surface area (Å²) in [6, 6.07) is 6.27. The number of piperidine rings is 2. The lowest BCUT2D eigenvalue weighted by atomic mass is 9.85. The number of aromatic hydroxyl groups is 1. The molecule has 1 aromatic heterocycles. The Bertz CT molecular complexity index is 2620. The number of halogens is 4. The summed E-state index contributed by atoms with van der Waals surface area (Å²) < 4.78 is 46.5. The number of amides is 5. The predicted molar refractivity (Wildman–Crippen MR) is 243 cm³/mol. The van der Waals surface area contributed by atoms with Gasteiger partial charge in [0.1, 0.15) is 35.0 Å². The number of likely N-dealkylation sites (tertiary alicyclic amines) is 1. The van der Waals surface area contributed by atoms with E-state index in [1.807, 2.05) is 11.8 Å². The van der Waals surface area contributed by atoms with E-state index in [2.05, 4.69) is 15.2 Å². The molecule has 0 bridgehead atoms. The first-order chi connectivity index (χ1) is 31.7. The molecule has 5 amide bonds. The number of unbranched alkanes of at least 4 members (excludes halogenated alkanes) is 4. The van der Waals surface area contributed by atoms with Gasteiger partial charge in [-0.05, 0) is 106 Å². The van der Waals surface area contributed by atoms with Crippen molar-refractivity contribution in [2.75, 3.05) is 49.1 Å². The number of carbonyl (C=O) groups excluding carboxylic acids is 5. The number of nitrogens with one attached hydrogen (secondary N) is 1. The number of imide groups is 1. The summed E-state index contributed by atoms with van der Waals surface area (Å²) in [4.78, 5) is 78.8. The fraction of sp³-hybridized carbons (Fsp3) is 0.469. The van der Waals surface area contributed by atoms with Gasteiger partial charge in [0.2, 0.25) is 17.7 Å². The van der Waals surface area contributed by atoms with Gasteiger partial charge in [-0.2, -0.15) is 0 Å². The van der Waals surface area contributed by atoms with Crippen molar-refractivity contribution < 1.29 is 42.3 Å². The zero-order chi connectivity index (χ0) is 46.6. The number of hydrogen-bond acceptors (Lipinski definition) is 9. The van der Waals surface area contributed by atoms with Gasteiger partial charge in [0.05, 0.1) is 34.7 Å². The number of benzene rings is 3. The minimum absolute atomic E-state index is 0.0628. The highest BCUT2D eigenvalue weighted by Gasteiger charge is 2.46. The molecule has 13 nitrogen and oxygen atoms in total. The molecule has 3 aromatic carbocycles. The third-order valence-corrected chi connectivity index (χ3v) is 14.6. The normalized spacial score (nSPS) is 21.4. The first kappa shape index (κ1) is 45.4. The second-order valence-electron chi connectivity index (χ2n) is 18.3. The van der Waals surface area contributed by atoms with Gasteiger partial charge in [-0.1, -0.05) is 43.9 Å². The Hall–Kier alpha value is -5.74. The second kappa shape index (κ2) is 18.5. The lowest BCUT2D eigenvalue weighted by molar-refractivity contribution is -0.137. The minimum Gasteiger partial charge on any atom is -0.507 e. The molecule has 3 atom stereocenters. The highest BCUT2D eigenvalue weighted by atomic mass is 35.5. The smallest absolute Gasteiger partial charge is 0.255 e. The fourth-order valence-corrected chi connectivity index (χ4v) is 11.2. The van der Waals surface area contributed by atoms with Crippen LogP contribution in [0.3, 0.4) is 0 Å². The van der Waals surface area contributed by atoms with Crippen LogP contribution >= 0.6 is 11.6 Å². The Morgan fingerprint density at radius 3 is 2.38 bits per heavy atom. The first-order valence-corrected chi connectivity index (χ1v) is 23.5. The van der Waals surface area contributed by atoms with Crippen molar-refractivity contribution in [1.82, 2.24) is 25.0 Å². The molecule has 17 heteroatoms. The summed E-state index contributed by atoms with van der Waals surface area (Å²) in [5, 5.41) is 13.1. The Morgan fingerprint density at radius 2 is 1.65 bits per heavy atom. The van der Waals surface area contributed by atoms with E-state index in [4.69, 9.17) is 11.6 Å². The number of pyridine rings is 1. The van der Waals surface area contributed by atoms with Crippen LogP contribution in [-0.4, -0.2) is 112 Å². The molecule has 0 spiro atoms. The topological polar surface area (TPSA) is 147 Å². The fourth-order valence-electron chi connectivity index (χ4n) is 10.9. The van der Waals surface area contributed by atoms with E-state index in [-0.39, 0.29) is 89.6 Å². The van der Waals surface area contributed by atoms with E-state index in [0.717, 1.165) is 75.4 Å². The summed E-state index contributed by atoms with van der Waals surface area (Å²) in [7, 11) is 0. The van der Waals surface area contributed by atoms with Crippen molar-refractivity contribution in [1.29, 1.82) is 0 Å². The Labute approximate surface area is 385 Å². The average molecular weight is 928 g/mol. The summed E-state index contributed by atoms with van der Waals surface area (Å²) in [5.41, 5.74) is 2.22. The second-order valence-corrected chi connectivity index (χ2v) is 18.7. The maximum Gasteiger partial charge on any atom is 0.255 e. The summed E-state index contributed by atoms with van der Waals surface area (Å²) in [6.07, 6.45) is 8.23. The molecule has 66 heavy (non-hydrogen) atoms. The number of piperazine rings is 1. The lowest BCUT2D eigenvalue weighted by Crippen LogP contribution is -2.66. The van der Waals surface area contributed by atoms with Crippen molar-refractivity contribution in [3.63, 3.8) is 0 Å². The number of anilines is 2. The van der Waals surface area contributed by atoms with Gasteiger partial charge >= 0.3 is 0 Å². The lowest BCUT2D eigenvalue weighted by Gasteiger charge is -2.50. The van der Waals surface area contributed by atoms with Crippen molar-refractivity contribution >= 4 is 63.4 Å². The van der Waals surface area contributed by atoms with Gasteiger partial charge < -0.3 is 29.6 Å². The van der Waals surface area contributed by atoms with E-state index in [0.29, 0.717) is 41.8 Å². The molecule has 3 fully saturated rings. The molecule has 348 valence electrons. The van der Waals surface area contributed by atoms with Crippen LogP contribution in [0.1, 0.15) is 105 Å². The van der Waals surface area contributed by atoms with E-state index >= 15 is 8.78 Å². The number of phenolic OH excluding ortho intramolecular Hbond substituents is 1. The third-order valence-electron chi connectivity index (χ3n) is 14.3. The summed E-state index contributed by atoms with van der Waals surface area (Å²) >= 11 is 6.73. The van der Waals surface area contributed by atoms with Crippen molar-refractivity contribution in [2.45, 2.75) is 109 Å². The van der Waals surface area contributed by atoms with Crippen LogP contribution < -0.4 is 15.1 Å². The number of phenols is 1. The molecule has 6 heterocycles. The first-order valence-electron chi connectivity index (χ1n) is 23.1. The molecule has 3 saturated heterocycles. The van der Waals surface area contributed by atoms with Crippen molar-refractivity contribution in [3.05, 3.63) is 81.8 Å². The molecular formula is C49H53ClF3N7O6. The maximum atomic E-state index is 16.5. The van der Waals surface area contributed by atoms with Crippen LogP contribution in [0.5, 0.6) is 5.75 Å². The highest BCUT2D eigenvalue weighted by Crippen LogP contribution is 2.48. The molecule has 4 aromatic rings. The van der Waals surface area contributed by atoms with E-state index in [9.17, 15) is 33.5 Å². The van der Waals surface area contributed by atoms with E-state index < -0.39 is 41.2 Å². The number of aromatic nitrogens is 1. The molecule has 0 radical (unpaired) electrons. The van der Waals surface area contributed by atoms with Gasteiger partial charge in [0, 0.05) is 55.0 Å². The van der Waals surface area contributed by atoms with E-state index in [1.54, 1.807) is 16.7 Å². The average Bonchev–Trinajstić information content (AvgIpc) is 3.61. The standard InChI is InChI=1S/C49H53ClF3N7O6/c1-3-41(63)58-26-38-49(66)57(37-23-54-45-32(46(37)59(38)24-27(58)2)22-34(50)42(44(45)53)43-35(52)10-9-11-39(43)61)17-8-6-4-5-7-16-56-18-14-28(15-19-56)30-20-29(51)21-31-33(30)25-60(48(31)65)36-12-13-40(62)55-47(36)64/h9-11,20-23,27-28,36,38,61H,3-8,12-19,24-26H2,1-2H3,(H,55,62,64)/t27-,36?,38-/m1/s1. The molecule has 0 aliphatic carbocycles.